The molecule has 0 radical (unpaired) electrons. The molecule has 3 aromatic rings. The van der Waals surface area contributed by atoms with E-state index in [9.17, 15) is 17.6 Å². The maximum absolute atomic E-state index is 14.8. The van der Waals surface area contributed by atoms with Gasteiger partial charge in [0, 0.05) is 34.0 Å². The summed E-state index contributed by atoms with van der Waals surface area (Å²) in [7, 11) is -3.59. The summed E-state index contributed by atoms with van der Waals surface area (Å²) in [4.78, 5) is 14.7. The SMILES string of the molecule is CS(=O)(=O)c1cc(Cl)ccc1CN1C(=O)c2cccc(F)c2C1c1ccc(Cl)cc1. The highest BCUT2D eigenvalue weighted by Gasteiger charge is 2.40. The number of rotatable bonds is 4. The Kier molecular flexibility index (Phi) is 5.34. The van der Waals surface area contributed by atoms with E-state index in [-0.39, 0.29) is 33.5 Å². The second kappa shape index (κ2) is 7.69. The molecule has 8 heteroatoms. The standard InChI is InChI=1S/C22H16Cl2FNO3S/c1-30(28,29)19-11-16(24)10-7-14(19)12-26-21(13-5-8-15(23)9-6-13)20-17(22(26)27)3-2-4-18(20)25/h2-11,21H,12H2,1H3. The molecular formula is C22H16Cl2FNO3S. The molecule has 1 amide bonds. The highest BCUT2D eigenvalue weighted by atomic mass is 35.5. The Balaban J connectivity index is 1.86. The predicted molar refractivity (Wildman–Crippen MR) is 114 cm³/mol. The zero-order valence-electron chi connectivity index (χ0n) is 15.8. The van der Waals surface area contributed by atoms with E-state index in [1.807, 2.05) is 0 Å². The fraction of sp³-hybridized carbons (Fsp3) is 0.136. The Morgan fingerprint density at radius 3 is 2.33 bits per heavy atom. The highest BCUT2D eigenvalue weighted by Crippen LogP contribution is 2.41. The van der Waals surface area contributed by atoms with Crippen molar-refractivity contribution >= 4 is 38.9 Å². The third kappa shape index (κ3) is 3.71. The summed E-state index contributed by atoms with van der Waals surface area (Å²) in [6.45, 7) is -0.0280. The molecule has 1 heterocycles. The van der Waals surface area contributed by atoms with Crippen molar-refractivity contribution < 1.29 is 17.6 Å². The van der Waals surface area contributed by atoms with E-state index < -0.39 is 21.7 Å². The monoisotopic (exact) mass is 463 g/mol. The van der Waals surface area contributed by atoms with E-state index in [2.05, 4.69) is 0 Å². The summed E-state index contributed by atoms with van der Waals surface area (Å²) >= 11 is 12.0. The number of sulfone groups is 1. The molecule has 1 aliphatic heterocycles. The van der Waals surface area contributed by atoms with Crippen molar-refractivity contribution in [1.82, 2.24) is 4.90 Å². The molecule has 1 unspecified atom stereocenters. The van der Waals surface area contributed by atoms with Crippen LogP contribution in [0.15, 0.2) is 65.6 Å². The van der Waals surface area contributed by atoms with E-state index in [0.29, 0.717) is 16.1 Å². The van der Waals surface area contributed by atoms with Crippen LogP contribution in [0.4, 0.5) is 4.39 Å². The van der Waals surface area contributed by atoms with Crippen molar-refractivity contribution in [2.24, 2.45) is 0 Å². The van der Waals surface area contributed by atoms with Crippen LogP contribution in [0, 0.1) is 5.82 Å². The van der Waals surface area contributed by atoms with Crippen molar-refractivity contribution in [2.45, 2.75) is 17.5 Å². The molecule has 0 aromatic heterocycles. The van der Waals surface area contributed by atoms with E-state index in [4.69, 9.17) is 23.2 Å². The minimum atomic E-state index is -3.59. The molecule has 4 nitrogen and oxygen atoms in total. The first-order valence-corrected chi connectivity index (χ1v) is 11.6. The van der Waals surface area contributed by atoms with Crippen LogP contribution in [-0.4, -0.2) is 25.5 Å². The Hall–Kier alpha value is -2.41. The minimum Gasteiger partial charge on any atom is -0.323 e. The molecule has 4 rings (SSSR count). The molecule has 1 atom stereocenters. The number of hydrogen-bond donors (Lipinski definition) is 0. The number of nitrogens with zero attached hydrogens (tertiary/aromatic N) is 1. The van der Waals surface area contributed by atoms with Gasteiger partial charge in [0.25, 0.3) is 5.91 Å². The van der Waals surface area contributed by atoms with Crippen molar-refractivity contribution in [3.63, 3.8) is 0 Å². The molecular weight excluding hydrogens is 448 g/mol. The van der Waals surface area contributed by atoms with E-state index in [0.717, 1.165) is 6.26 Å². The van der Waals surface area contributed by atoms with Gasteiger partial charge < -0.3 is 4.90 Å². The number of benzene rings is 3. The normalized spacial score (nSPS) is 16.1. The van der Waals surface area contributed by atoms with Crippen LogP contribution in [0.2, 0.25) is 10.0 Å². The summed E-state index contributed by atoms with van der Waals surface area (Å²) in [5, 5.41) is 0.788. The van der Waals surface area contributed by atoms with Crippen molar-refractivity contribution in [3.8, 4) is 0 Å². The summed E-state index contributed by atoms with van der Waals surface area (Å²) in [5.74, 6) is -0.874. The fourth-order valence-electron chi connectivity index (χ4n) is 3.77. The van der Waals surface area contributed by atoms with Gasteiger partial charge in [-0.25, -0.2) is 12.8 Å². The number of halogens is 3. The van der Waals surface area contributed by atoms with Crippen LogP contribution in [0.25, 0.3) is 0 Å². The topological polar surface area (TPSA) is 54.5 Å². The van der Waals surface area contributed by atoms with Gasteiger partial charge in [-0.05, 0) is 47.5 Å². The molecule has 0 bridgehead atoms. The molecule has 154 valence electrons. The minimum absolute atomic E-state index is 0.0280. The molecule has 3 aromatic carbocycles. The first kappa shape index (κ1) is 20.8. The smallest absolute Gasteiger partial charge is 0.255 e. The number of carbonyl (C=O) groups excluding carboxylic acids is 1. The van der Waals surface area contributed by atoms with Gasteiger partial charge in [0.15, 0.2) is 9.84 Å². The molecule has 0 saturated heterocycles. The lowest BCUT2D eigenvalue weighted by molar-refractivity contribution is 0.0733. The van der Waals surface area contributed by atoms with Crippen LogP contribution < -0.4 is 0 Å². The summed E-state index contributed by atoms with van der Waals surface area (Å²) in [5.41, 5.74) is 1.60. The first-order chi connectivity index (χ1) is 14.2. The molecule has 0 saturated carbocycles. The lowest BCUT2D eigenvalue weighted by atomic mass is 9.97. The number of hydrogen-bond acceptors (Lipinski definition) is 3. The first-order valence-electron chi connectivity index (χ1n) is 9.00. The van der Waals surface area contributed by atoms with Crippen LogP contribution >= 0.6 is 23.2 Å². The van der Waals surface area contributed by atoms with E-state index in [1.54, 1.807) is 42.5 Å². The summed E-state index contributed by atoms with van der Waals surface area (Å²) in [6.07, 6.45) is 1.08. The molecule has 0 N–H and O–H groups in total. The van der Waals surface area contributed by atoms with Gasteiger partial charge in [-0.2, -0.15) is 0 Å². The van der Waals surface area contributed by atoms with E-state index in [1.165, 1.54) is 23.1 Å². The van der Waals surface area contributed by atoms with Gasteiger partial charge >= 0.3 is 0 Å². The second-order valence-electron chi connectivity index (χ2n) is 7.11. The van der Waals surface area contributed by atoms with Gasteiger partial charge in [-0.3, -0.25) is 4.79 Å². The number of carbonyl (C=O) groups is 1. The lowest BCUT2D eigenvalue weighted by Gasteiger charge is -2.27. The zero-order valence-corrected chi connectivity index (χ0v) is 18.1. The fourth-order valence-corrected chi connectivity index (χ4v) is 5.08. The quantitative estimate of drug-likeness (QED) is 0.528. The van der Waals surface area contributed by atoms with Crippen molar-refractivity contribution in [2.75, 3.05) is 6.26 Å². The Morgan fingerprint density at radius 1 is 1.00 bits per heavy atom. The van der Waals surface area contributed by atoms with Gasteiger partial charge in [-0.15, -0.1) is 0 Å². The average molecular weight is 464 g/mol. The van der Waals surface area contributed by atoms with Crippen LogP contribution in [0.3, 0.4) is 0 Å². The van der Waals surface area contributed by atoms with Crippen molar-refractivity contribution in [3.05, 3.63) is 98.8 Å². The lowest BCUT2D eigenvalue weighted by Crippen LogP contribution is -2.29. The van der Waals surface area contributed by atoms with Gasteiger partial charge in [-0.1, -0.05) is 47.5 Å². The summed E-state index contributed by atoms with van der Waals surface area (Å²) in [6, 6.07) is 15.0. The zero-order chi connectivity index (χ0) is 21.6. The van der Waals surface area contributed by atoms with Gasteiger partial charge in [0.1, 0.15) is 5.82 Å². The van der Waals surface area contributed by atoms with Crippen molar-refractivity contribution in [1.29, 1.82) is 0 Å². The Bertz CT molecular complexity index is 1260. The van der Waals surface area contributed by atoms with Gasteiger partial charge in [0.2, 0.25) is 0 Å². The molecule has 0 aliphatic carbocycles. The maximum atomic E-state index is 14.8. The highest BCUT2D eigenvalue weighted by molar-refractivity contribution is 7.90. The summed E-state index contributed by atoms with van der Waals surface area (Å²) < 4.78 is 39.4. The molecule has 0 spiro atoms. The second-order valence-corrected chi connectivity index (χ2v) is 9.97. The van der Waals surface area contributed by atoms with Crippen LogP contribution in [-0.2, 0) is 16.4 Å². The predicted octanol–water partition coefficient (Wildman–Crippen LogP) is 5.28. The molecule has 0 fully saturated rings. The van der Waals surface area contributed by atoms with E-state index >= 15 is 0 Å². The Labute approximate surface area is 183 Å². The van der Waals surface area contributed by atoms with Gasteiger partial charge in [0.05, 0.1) is 10.9 Å². The largest absolute Gasteiger partial charge is 0.323 e. The van der Waals surface area contributed by atoms with Crippen LogP contribution in [0.5, 0.6) is 0 Å². The molecule has 30 heavy (non-hydrogen) atoms. The third-order valence-corrected chi connectivity index (χ3v) is 6.75. The Morgan fingerprint density at radius 2 is 1.67 bits per heavy atom. The number of fused-ring (bicyclic) bond motifs is 1. The third-order valence-electron chi connectivity index (χ3n) is 5.08. The maximum Gasteiger partial charge on any atom is 0.255 e. The number of amides is 1. The average Bonchev–Trinajstić information content (AvgIpc) is 2.96. The molecule has 1 aliphatic rings. The van der Waals surface area contributed by atoms with Crippen LogP contribution in [0.1, 0.15) is 33.1 Å².